The summed E-state index contributed by atoms with van der Waals surface area (Å²) in [6, 6.07) is 10.0. The Morgan fingerprint density at radius 3 is 2.58 bits per heavy atom. The summed E-state index contributed by atoms with van der Waals surface area (Å²) >= 11 is 3.31. The first kappa shape index (κ1) is 24.2. The number of aryl methyl sites for hydroxylation is 1. The zero-order valence-electron chi connectivity index (χ0n) is 19.7. The van der Waals surface area contributed by atoms with Crippen LogP contribution in [-0.2, 0) is 4.74 Å². The van der Waals surface area contributed by atoms with Crippen molar-refractivity contribution in [2.45, 2.75) is 25.9 Å². The van der Waals surface area contributed by atoms with Crippen molar-refractivity contribution in [1.29, 1.82) is 0 Å². The molecule has 1 aliphatic rings. The number of aromatic nitrogens is 3. The predicted octanol–water partition coefficient (Wildman–Crippen LogP) is 6.88. The molecule has 1 saturated heterocycles. The molecule has 2 aromatic heterocycles. The van der Waals surface area contributed by atoms with E-state index in [-0.39, 0.29) is 11.9 Å². The number of azo groups is 1. The van der Waals surface area contributed by atoms with E-state index in [1.807, 2.05) is 25.1 Å². The van der Waals surface area contributed by atoms with Gasteiger partial charge in [-0.3, -0.25) is 0 Å². The maximum atomic E-state index is 13.4. The van der Waals surface area contributed by atoms with Crippen molar-refractivity contribution < 1.29 is 18.6 Å². The fourth-order valence-corrected chi connectivity index (χ4v) is 4.42. The molecule has 0 spiro atoms. The van der Waals surface area contributed by atoms with Gasteiger partial charge in [-0.25, -0.2) is 19.3 Å². The van der Waals surface area contributed by atoms with E-state index >= 15 is 0 Å². The Kier molecular flexibility index (Phi) is 7.15. The molecule has 10 heteroatoms. The minimum atomic E-state index is -0.364. The molecule has 3 heterocycles. The van der Waals surface area contributed by atoms with E-state index in [0.717, 1.165) is 40.6 Å². The van der Waals surface area contributed by atoms with Crippen molar-refractivity contribution >= 4 is 38.2 Å². The molecule has 0 aliphatic carbocycles. The number of hydrogen-bond acceptors (Lipinski definition) is 8. The molecule has 5 rings (SSSR count). The molecule has 1 fully saturated rings. The van der Waals surface area contributed by atoms with E-state index in [9.17, 15) is 4.39 Å². The molecule has 1 aliphatic heterocycles. The number of hydrogen-bond donors (Lipinski definition) is 0. The molecule has 4 aromatic rings. The van der Waals surface area contributed by atoms with Gasteiger partial charge in [-0.15, -0.1) is 10.2 Å². The molecule has 8 nitrogen and oxygen atoms in total. The third-order valence-electron chi connectivity index (χ3n) is 5.90. The van der Waals surface area contributed by atoms with Crippen LogP contribution in [0.4, 0.5) is 15.8 Å². The van der Waals surface area contributed by atoms with E-state index in [0.29, 0.717) is 40.7 Å². The number of halogens is 2. The van der Waals surface area contributed by atoms with Gasteiger partial charge in [0.1, 0.15) is 40.9 Å². The lowest BCUT2D eigenvalue weighted by Gasteiger charge is -2.24. The standard InChI is InChI=1S/C26H23BrFN5O3/c1-15-20-9-16(11-24(25(20)31-14-30-15)36-19-5-7-35-8-6-19)17-10-23(26(34-2)29-13-17)33-32-22-4-3-18(28)12-21(22)27/h3-4,9-14,19H,5-8H2,1-2H3. The highest BCUT2D eigenvalue weighted by molar-refractivity contribution is 9.10. The smallest absolute Gasteiger partial charge is 0.241 e. The van der Waals surface area contributed by atoms with Gasteiger partial charge in [0.2, 0.25) is 5.88 Å². The Bertz CT molecular complexity index is 1440. The molecule has 0 bridgehead atoms. The van der Waals surface area contributed by atoms with Crippen LogP contribution in [0.2, 0.25) is 0 Å². The molecule has 0 amide bonds. The summed E-state index contributed by atoms with van der Waals surface area (Å²) in [6.07, 6.45) is 4.96. The summed E-state index contributed by atoms with van der Waals surface area (Å²) in [7, 11) is 1.52. The van der Waals surface area contributed by atoms with Gasteiger partial charge in [-0.2, -0.15) is 0 Å². The number of nitrogens with zero attached hydrogens (tertiary/aromatic N) is 5. The van der Waals surface area contributed by atoms with Crippen LogP contribution in [0.15, 0.2) is 63.6 Å². The van der Waals surface area contributed by atoms with Crippen LogP contribution in [0, 0.1) is 12.7 Å². The normalized spacial score (nSPS) is 14.4. The second kappa shape index (κ2) is 10.6. The Morgan fingerprint density at radius 1 is 1.00 bits per heavy atom. The maximum Gasteiger partial charge on any atom is 0.241 e. The Labute approximate surface area is 215 Å². The third kappa shape index (κ3) is 5.19. The molecule has 36 heavy (non-hydrogen) atoms. The first-order chi connectivity index (χ1) is 17.5. The lowest BCUT2D eigenvalue weighted by Crippen LogP contribution is -2.26. The van der Waals surface area contributed by atoms with Crippen molar-refractivity contribution in [3.63, 3.8) is 0 Å². The number of fused-ring (bicyclic) bond motifs is 1. The molecule has 184 valence electrons. The SMILES string of the molecule is COc1ncc(-c2cc(OC3CCOCC3)c3ncnc(C)c3c2)cc1N=Nc1ccc(F)cc1Br. The average molecular weight is 552 g/mol. The molecule has 2 aromatic carbocycles. The first-order valence-electron chi connectivity index (χ1n) is 11.4. The fraction of sp³-hybridized carbons (Fsp3) is 0.269. The zero-order chi connectivity index (χ0) is 25.1. The van der Waals surface area contributed by atoms with Crippen LogP contribution in [0.25, 0.3) is 22.0 Å². The van der Waals surface area contributed by atoms with E-state index in [1.165, 1.54) is 19.2 Å². The molecular weight excluding hydrogens is 529 g/mol. The van der Waals surface area contributed by atoms with Gasteiger partial charge in [0.15, 0.2) is 0 Å². The molecule has 0 radical (unpaired) electrons. The molecule has 0 unspecified atom stereocenters. The van der Waals surface area contributed by atoms with Crippen molar-refractivity contribution in [2.75, 3.05) is 20.3 Å². The van der Waals surface area contributed by atoms with Gasteiger partial charge in [-0.05, 0) is 64.8 Å². The van der Waals surface area contributed by atoms with Crippen LogP contribution in [0.1, 0.15) is 18.5 Å². The highest BCUT2D eigenvalue weighted by Crippen LogP contribution is 2.37. The summed E-state index contributed by atoms with van der Waals surface area (Å²) in [5.41, 5.74) is 4.19. The second-order valence-corrected chi connectivity index (χ2v) is 9.16. The van der Waals surface area contributed by atoms with Gasteiger partial charge in [-0.1, -0.05) is 0 Å². The summed E-state index contributed by atoms with van der Waals surface area (Å²) < 4.78 is 31.2. The topological polar surface area (TPSA) is 91.1 Å². The highest BCUT2D eigenvalue weighted by Gasteiger charge is 2.19. The van der Waals surface area contributed by atoms with E-state index in [1.54, 1.807) is 18.6 Å². The first-order valence-corrected chi connectivity index (χ1v) is 12.2. The van der Waals surface area contributed by atoms with Crippen LogP contribution in [-0.4, -0.2) is 41.4 Å². The average Bonchev–Trinajstić information content (AvgIpc) is 2.89. The largest absolute Gasteiger partial charge is 0.488 e. The second-order valence-electron chi connectivity index (χ2n) is 8.31. The van der Waals surface area contributed by atoms with Gasteiger partial charge >= 0.3 is 0 Å². The van der Waals surface area contributed by atoms with Crippen molar-refractivity contribution in [3.8, 4) is 22.8 Å². The van der Waals surface area contributed by atoms with Crippen molar-refractivity contribution in [3.05, 3.63) is 64.9 Å². The summed E-state index contributed by atoms with van der Waals surface area (Å²) in [5, 5.41) is 9.48. The van der Waals surface area contributed by atoms with Crippen LogP contribution in [0.3, 0.4) is 0 Å². The Morgan fingerprint density at radius 2 is 1.81 bits per heavy atom. The lowest BCUT2D eigenvalue weighted by atomic mass is 10.0. The van der Waals surface area contributed by atoms with Crippen molar-refractivity contribution in [1.82, 2.24) is 15.0 Å². The minimum absolute atomic E-state index is 0.0555. The lowest BCUT2D eigenvalue weighted by molar-refractivity contribution is 0.0261. The molecular formula is C26H23BrFN5O3. The number of methoxy groups -OCH3 is 1. The zero-order valence-corrected chi connectivity index (χ0v) is 21.3. The van der Waals surface area contributed by atoms with E-state index in [2.05, 4.69) is 41.1 Å². The molecule has 0 N–H and O–H groups in total. The Hall–Kier alpha value is -3.50. The predicted molar refractivity (Wildman–Crippen MR) is 137 cm³/mol. The van der Waals surface area contributed by atoms with E-state index < -0.39 is 0 Å². The summed E-state index contributed by atoms with van der Waals surface area (Å²) in [4.78, 5) is 13.3. The quantitative estimate of drug-likeness (QED) is 0.242. The number of ether oxygens (including phenoxy) is 3. The molecule has 0 saturated carbocycles. The number of pyridine rings is 1. The number of rotatable bonds is 6. The van der Waals surface area contributed by atoms with Crippen LogP contribution < -0.4 is 9.47 Å². The summed E-state index contributed by atoms with van der Waals surface area (Å²) in [6.45, 7) is 3.30. The van der Waals surface area contributed by atoms with Gasteiger partial charge in [0.25, 0.3) is 0 Å². The minimum Gasteiger partial charge on any atom is -0.488 e. The van der Waals surface area contributed by atoms with Gasteiger partial charge in [0, 0.05) is 40.2 Å². The van der Waals surface area contributed by atoms with Crippen LogP contribution >= 0.6 is 15.9 Å². The summed E-state index contributed by atoms with van der Waals surface area (Å²) in [5.74, 6) is 0.644. The third-order valence-corrected chi connectivity index (χ3v) is 6.53. The van der Waals surface area contributed by atoms with Crippen molar-refractivity contribution in [2.24, 2.45) is 10.2 Å². The highest BCUT2D eigenvalue weighted by atomic mass is 79.9. The van der Waals surface area contributed by atoms with Gasteiger partial charge < -0.3 is 14.2 Å². The molecule has 0 atom stereocenters. The number of benzene rings is 2. The monoisotopic (exact) mass is 551 g/mol. The van der Waals surface area contributed by atoms with Crippen LogP contribution in [0.5, 0.6) is 11.6 Å². The van der Waals surface area contributed by atoms with E-state index in [4.69, 9.17) is 14.2 Å². The van der Waals surface area contributed by atoms with Gasteiger partial charge in [0.05, 0.1) is 20.3 Å². The maximum absolute atomic E-state index is 13.4. The Balaban J connectivity index is 1.56. The fourth-order valence-electron chi connectivity index (χ4n) is 3.99.